The second-order valence-electron chi connectivity index (χ2n) is 9.34. The maximum Gasteiger partial charge on any atom is 0.0918 e. The lowest BCUT2D eigenvalue weighted by atomic mass is 10.1. The number of benzene rings is 2. The minimum Gasteiger partial charge on any atom is -0.396 e. The smallest absolute Gasteiger partial charge is 0.0918 e. The van der Waals surface area contributed by atoms with Gasteiger partial charge in [0.1, 0.15) is 0 Å². The first-order valence-electron chi connectivity index (χ1n) is 13.3. The molecule has 1 unspecified atom stereocenters. The number of halogens is 2. The largest absolute Gasteiger partial charge is 0.396 e. The molecule has 0 amide bonds. The van der Waals surface area contributed by atoms with E-state index in [9.17, 15) is 5.11 Å². The molecule has 0 spiro atoms. The van der Waals surface area contributed by atoms with Crippen molar-refractivity contribution in [2.24, 2.45) is 0 Å². The highest BCUT2D eigenvalue weighted by molar-refractivity contribution is 6.38. The van der Waals surface area contributed by atoms with E-state index >= 15 is 0 Å². The van der Waals surface area contributed by atoms with Crippen LogP contribution in [0, 0.1) is 0 Å². The van der Waals surface area contributed by atoms with Crippen LogP contribution in [-0.4, -0.2) is 54.5 Å². The van der Waals surface area contributed by atoms with E-state index in [2.05, 4.69) is 22.0 Å². The van der Waals surface area contributed by atoms with Gasteiger partial charge in [-0.05, 0) is 54.8 Å². The molecule has 3 rings (SSSR count). The van der Waals surface area contributed by atoms with Crippen LogP contribution in [0.2, 0.25) is 10.0 Å². The SMILES string of the molecule is Nc1c(Cl)cc(C(O)CN(CCCCCCOCCOCCc2ccccn2)Cc2ccccc2)cc1Cl. The van der Waals surface area contributed by atoms with Gasteiger partial charge in [0.2, 0.25) is 0 Å². The van der Waals surface area contributed by atoms with Gasteiger partial charge in [-0.15, -0.1) is 0 Å². The Morgan fingerprint density at radius 2 is 1.53 bits per heavy atom. The van der Waals surface area contributed by atoms with Crippen molar-refractivity contribution in [3.05, 3.63) is 93.7 Å². The quantitative estimate of drug-likeness (QED) is 0.140. The molecule has 6 nitrogen and oxygen atoms in total. The van der Waals surface area contributed by atoms with E-state index in [0.29, 0.717) is 47.7 Å². The number of hydrogen-bond donors (Lipinski definition) is 2. The molecule has 0 fully saturated rings. The van der Waals surface area contributed by atoms with E-state index in [4.69, 9.17) is 38.4 Å². The van der Waals surface area contributed by atoms with Crippen molar-refractivity contribution in [1.82, 2.24) is 9.88 Å². The van der Waals surface area contributed by atoms with Gasteiger partial charge in [0.05, 0.1) is 41.7 Å². The number of rotatable bonds is 18. The molecule has 3 aromatic rings. The van der Waals surface area contributed by atoms with Crippen LogP contribution < -0.4 is 5.73 Å². The summed E-state index contributed by atoms with van der Waals surface area (Å²) in [5.74, 6) is 0. The van der Waals surface area contributed by atoms with Crippen molar-refractivity contribution in [2.45, 2.75) is 44.8 Å². The topological polar surface area (TPSA) is 80.8 Å². The first-order valence-corrected chi connectivity index (χ1v) is 14.0. The number of aliphatic hydroxyl groups is 1. The number of nitrogen functional groups attached to an aromatic ring is 1. The lowest BCUT2D eigenvalue weighted by molar-refractivity contribution is 0.0471. The molecule has 3 N–H and O–H groups in total. The Morgan fingerprint density at radius 1 is 0.842 bits per heavy atom. The molecule has 0 radical (unpaired) electrons. The molecule has 8 heteroatoms. The average Bonchev–Trinajstić information content (AvgIpc) is 2.93. The average molecular weight is 561 g/mol. The normalized spacial score (nSPS) is 12.2. The van der Waals surface area contributed by atoms with Crippen LogP contribution in [0.25, 0.3) is 0 Å². The molecule has 0 bridgehead atoms. The molecule has 0 aliphatic rings. The van der Waals surface area contributed by atoms with Crippen molar-refractivity contribution < 1.29 is 14.6 Å². The van der Waals surface area contributed by atoms with Gasteiger partial charge in [0, 0.05) is 38.0 Å². The van der Waals surface area contributed by atoms with Gasteiger partial charge in [-0.1, -0.05) is 72.4 Å². The predicted molar refractivity (Wildman–Crippen MR) is 156 cm³/mol. The minimum absolute atomic E-state index is 0.336. The number of hydrogen-bond acceptors (Lipinski definition) is 6. The standard InChI is InChI=1S/C30H39Cl2N3O3/c31-27-20-25(21-28(32)30(27)33)29(36)23-35(22-24-10-4-3-5-11-24)15-8-1-2-9-16-37-18-19-38-17-13-26-12-6-7-14-34-26/h3-7,10-12,14,20-21,29,36H,1-2,8-9,13,15-19,22-23,33H2. The summed E-state index contributed by atoms with van der Waals surface area (Å²) in [5, 5.41) is 11.6. The molecule has 0 aliphatic heterocycles. The van der Waals surface area contributed by atoms with Crippen molar-refractivity contribution in [1.29, 1.82) is 0 Å². The van der Waals surface area contributed by atoms with E-state index in [-0.39, 0.29) is 0 Å². The number of aromatic nitrogens is 1. The summed E-state index contributed by atoms with van der Waals surface area (Å²) in [7, 11) is 0. The first-order chi connectivity index (χ1) is 18.5. The zero-order chi connectivity index (χ0) is 27.0. The highest BCUT2D eigenvalue weighted by Gasteiger charge is 2.16. The number of unbranched alkanes of at least 4 members (excludes halogenated alkanes) is 3. The lowest BCUT2D eigenvalue weighted by Crippen LogP contribution is -2.29. The van der Waals surface area contributed by atoms with E-state index in [1.165, 1.54) is 5.56 Å². The Balaban J connectivity index is 1.31. The molecule has 206 valence electrons. The van der Waals surface area contributed by atoms with Crippen molar-refractivity contribution in [3.8, 4) is 0 Å². The third kappa shape index (κ3) is 11.3. The maximum absolute atomic E-state index is 10.9. The third-order valence-electron chi connectivity index (χ3n) is 6.28. The molecule has 0 saturated heterocycles. The van der Waals surface area contributed by atoms with Gasteiger partial charge >= 0.3 is 0 Å². The van der Waals surface area contributed by atoms with Crippen LogP contribution in [0.5, 0.6) is 0 Å². The predicted octanol–water partition coefficient (Wildman–Crippen LogP) is 6.34. The second kappa shape index (κ2) is 17.4. The Bertz CT molecular complexity index is 1030. The summed E-state index contributed by atoms with van der Waals surface area (Å²) in [6.07, 6.45) is 6.18. The van der Waals surface area contributed by atoms with Crippen molar-refractivity contribution in [3.63, 3.8) is 0 Å². The summed E-state index contributed by atoms with van der Waals surface area (Å²) in [4.78, 5) is 6.56. The van der Waals surface area contributed by atoms with Crippen LogP contribution in [0.15, 0.2) is 66.9 Å². The molecule has 1 heterocycles. The van der Waals surface area contributed by atoms with Gasteiger partial charge in [0.25, 0.3) is 0 Å². The molecule has 1 aromatic heterocycles. The molecule has 0 saturated carbocycles. The van der Waals surface area contributed by atoms with Gasteiger partial charge < -0.3 is 20.3 Å². The number of pyridine rings is 1. The van der Waals surface area contributed by atoms with Gasteiger partial charge in [-0.25, -0.2) is 0 Å². The van der Waals surface area contributed by atoms with Gasteiger partial charge in [0.15, 0.2) is 0 Å². The number of aliphatic hydroxyl groups excluding tert-OH is 1. The van der Waals surface area contributed by atoms with E-state index in [1.807, 2.05) is 36.4 Å². The lowest BCUT2D eigenvalue weighted by Gasteiger charge is -2.26. The van der Waals surface area contributed by atoms with Crippen LogP contribution in [0.3, 0.4) is 0 Å². The Labute approximate surface area is 236 Å². The Hall–Kier alpha value is -2.19. The molecule has 2 aromatic carbocycles. The Kier molecular flexibility index (Phi) is 13.9. The highest BCUT2D eigenvalue weighted by atomic mass is 35.5. The third-order valence-corrected chi connectivity index (χ3v) is 6.91. The van der Waals surface area contributed by atoms with Crippen LogP contribution in [-0.2, 0) is 22.4 Å². The maximum atomic E-state index is 10.9. The number of nitrogens with zero attached hydrogens (tertiary/aromatic N) is 2. The fraction of sp³-hybridized carbons (Fsp3) is 0.433. The summed E-state index contributed by atoms with van der Waals surface area (Å²) in [6, 6.07) is 19.6. The minimum atomic E-state index is -0.714. The van der Waals surface area contributed by atoms with Crippen molar-refractivity contribution >= 4 is 28.9 Å². The van der Waals surface area contributed by atoms with Gasteiger partial charge in [-0.3, -0.25) is 9.88 Å². The summed E-state index contributed by atoms with van der Waals surface area (Å²) in [5.41, 5.74) is 9.12. The van der Waals surface area contributed by atoms with Crippen LogP contribution >= 0.6 is 23.2 Å². The molecular weight excluding hydrogens is 521 g/mol. The zero-order valence-corrected chi connectivity index (χ0v) is 23.4. The molecule has 0 aliphatic carbocycles. The van der Waals surface area contributed by atoms with Crippen molar-refractivity contribution in [2.75, 3.05) is 45.3 Å². The number of anilines is 1. The fourth-order valence-electron chi connectivity index (χ4n) is 4.16. The number of nitrogens with two attached hydrogens (primary N) is 1. The van der Waals surface area contributed by atoms with E-state index in [1.54, 1.807) is 18.3 Å². The van der Waals surface area contributed by atoms with E-state index in [0.717, 1.165) is 57.5 Å². The van der Waals surface area contributed by atoms with Crippen LogP contribution in [0.1, 0.15) is 48.6 Å². The van der Waals surface area contributed by atoms with Crippen LogP contribution in [0.4, 0.5) is 5.69 Å². The molecular formula is C30H39Cl2N3O3. The summed E-state index contributed by atoms with van der Waals surface area (Å²) < 4.78 is 11.3. The first kappa shape index (κ1) is 30.4. The Morgan fingerprint density at radius 3 is 2.24 bits per heavy atom. The molecule has 1 atom stereocenters. The monoisotopic (exact) mass is 559 g/mol. The summed E-state index contributed by atoms with van der Waals surface area (Å²) >= 11 is 12.4. The highest BCUT2D eigenvalue weighted by Crippen LogP contribution is 2.31. The number of ether oxygens (including phenoxy) is 2. The fourth-order valence-corrected chi connectivity index (χ4v) is 4.66. The van der Waals surface area contributed by atoms with E-state index < -0.39 is 6.10 Å². The second-order valence-corrected chi connectivity index (χ2v) is 10.2. The zero-order valence-electron chi connectivity index (χ0n) is 21.9. The molecule has 38 heavy (non-hydrogen) atoms. The summed E-state index contributed by atoms with van der Waals surface area (Å²) in [6.45, 7) is 4.75. The van der Waals surface area contributed by atoms with Gasteiger partial charge in [-0.2, -0.15) is 0 Å².